The monoisotopic (exact) mass is 202 g/mol. The van der Waals surface area contributed by atoms with Crippen LogP contribution in [0, 0.1) is 0 Å². The number of methoxy groups -OCH3 is 1. The summed E-state index contributed by atoms with van der Waals surface area (Å²) in [6, 6.07) is 0.247. The molecule has 0 aromatic heterocycles. The van der Waals surface area contributed by atoms with Crippen LogP contribution in [0.1, 0.15) is 27.2 Å². The van der Waals surface area contributed by atoms with Crippen molar-refractivity contribution in [2.75, 3.05) is 20.2 Å². The summed E-state index contributed by atoms with van der Waals surface area (Å²) in [7, 11) is 1.51. The van der Waals surface area contributed by atoms with E-state index in [1.807, 2.05) is 13.8 Å². The van der Waals surface area contributed by atoms with Gasteiger partial charge in [-0.05, 0) is 20.3 Å². The lowest BCUT2D eigenvalue weighted by molar-refractivity contribution is -0.143. The van der Waals surface area contributed by atoms with Crippen LogP contribution in [-0.2, 0) is 9.53 Å². The summed E-state index contributed by atoms with van der Waals surface area (Å²) < 4.78 is 5.02. The molecule has 2 atom stereocenters. The van der Waals surface area contributed by atoms with Gasteiger partial charge in [-0.15, -0.1) is 0 Å². The zero-order valence-electron chi connectivity index (χ0n) is 9.62. The molecule has 0 rings (SSSR count). The van der Waals surface area contributed by atoms with Gasteiger partial charge in [-0.2, -0.15) is 0 Å². The minimum atomic E-state index is -0.496. The maximum atomic E-state index is 11.9. The number of likely N-dealkylation sites (N-methyl/N-ethyl adjacent to an activating group) is 1. The fourth-order valence-corrected chi connectivity index (χ4v) is 1.39. The average Bonchev–Trinajstić information content (AvgIpc) is 2.20. The first-order valence-electron chi connectivity index (χ1n) is 5.15. The van der Waals surface area contributed by atoms with E-state index in [9.17, 15) is 4.79 Å². The van der Waals surface area contributed by atoms with Crippen LogP contribution in [0.4, 0.5) is 0 Å². The third kappa shape index (κ3) is 3.27. The smallest absolute Gasteiger partial charge is 0.253 e. The van der Waals surface area contributed by atoms with Crippen molar-refractivity contribution in [1.82, 2.24) is 4.90 Å². The highest BCUT2D eigenvalue weighted by Crippen LogP contribution is 2.06. The van der Waals surface area contributed by atoms with Crippen molar-refractivity contribution in [3.05, 3.63) is 0 Å². The third-order valence-electron chi connectivity index (χ3n) is 2.52. The van der Waals surface area contributed by atoms with E-state index in [-0.39, 0.29) is 18.5 Å². The Kier molecular flexibility index (Phi) is 6.49. The minimum Gasteiger partial charge on any atom is -0.370 e. The van der Waals surface area contributed by atoms with E-state index in [1.54, 1.807) is 4.90 Å². The van der Waals surface area contributed by atoms with Gasteiger partial charge in [0.2, 0.25) is 0 Å². The Morgan fingerprint density at radius 3 is 2.36 bits per heavy atom. The zero-order chi connectivity index (χ0) is 11.1. The van der Waals surface area contributed by atoms with E-state index >= 15 is 0 Å². The van der Waals surface area contributed by atoms with E-state index in [1.165, 1.54) is 7.11 Å². The number of nitrogens with two attached hydrogens (primary N) is 1. The largest absolute Gasteiger partial charge is 0.370 e. The summed E-state index contributed by atoms with van der Waals surface area (Å²) >= 11 is 0. The Hall–Kier alpha value is -0.610. The number of nitrogens with zero attached hydrogens (tertiary/aromatic N) is 1. The van der Waals surface area contributed by atoms with E-state index in [0.717, 1.165) is 6.42 Å². The van der Waals surface area contributed by atoms with Crippen LogP contribution in [0.25, 0.3) is 0 Å². The number of hydrogen-bond acceptors (Lipinski definition) is 3. The molecule has 0 aliphatic heterocycles. The molecule has 2 unspecified atom stereocenters. The van der Waals surface area contributed by atoms with Crippen LogP contribution in [0.15, 0.2) is 0 Å². The quantitative estimate of drug-likeness (QED) is 0.686. The third-order valence-corrected chi connectivity index (χ3v) is 2.52. The van der Waals surface area contributed by atoms with Crippen LogP contribution < -0.4 is 5.73 Å². The van der Waals surface area contributed by atoms with Gasteiger partial charge in [0.05, 0.1) is 0 Å². The summed E-state index contributed by atoms with van der Waals surface area (Å²) in [5.74, 6) is -0.00755. The Bertz CT molecular complexity index is 170. The predicted molar refractivity (Wildman–Crippen MR) is 57.0 cm³/mol. The molecule has 0 radical (unpaired) electrons. The number of ether oxygens (including phenoxy) is 1. The number of carbonyl (C=O) groups is 1. The highest BCUT2D eigenvalue weighted by Gasteiger charge is 2.24. The van der Waals surface area contributed by atoms with Crippen molar-refractivity contribution < 1.29 is 9.53 Å². The second kappa shape index (κ2) is 6.79. The molecule has 0 aromatic carbocycles. The number of carbonyl (C=O) groups excluding carboxylic acids is 1. The Balaban J connectivity index is 4.43. The fraction of sp³-hybridized carbons (Fsp3) is 0.900. The molecular formula is C10H22N2O2. The second-order valence-corrected chi connectivity index (χ2v) is 3.34. The molecule has 2 N–H and O–H groups in total. The van der Waals surface area contributed by atoms with Gasteiger partial charge in [0, 0.05) is 26.2 Å². The van der Waals surface area contributed by atoms with Gasteiger partial charge in [-0.25, -0.2) is 0 Å². The van der Waals surface area contributed by atoms with Gasteiger partial charge in [-0.3, -0.25) is 4.79 Å². The zero-order valence-corrected chi connectivity index (χ0v) is 9.62. The van der Waals surface area contributed by atoms with Gasteiger partial charge in [0.25, 0.3) is 5.91 Å². The summed E-state index contributed by atoms with van der Waals surface area (Å²) in [6.07, 6.45) is 0.449. The van der Waals surface area contributed by atoms with Gasteiger partial charge >= 0.3 is 0 Å². The van der Waals surface area contributed by atoms with Crippen molar-refractivity contribution in [1.29, 1.82) is 0 Å². The standard InChI is InChI=1S/C10H22N2O2/c1-5-8(3)12(6-2)10(13)9(7-11)14-4/h8-9H,5-7,11H2,1-4H3. The van der Waals surface area contributed by atoms with Crippen molar-refractivity contribution in [3.63, 3.8) is 0 Å². The van der Waals surface area contributed by atoms with Gasteiger partial charge in [-0.1, -0.05) is 6.92 Å². The first-order chi connectivity index (χ1) is 6.62. The molecule has 0 bridgehead atoms. The normalized spacial score (nSPS) is 14.9. The van der Waals surface area contributed by atoms with E-state index in [4.69, 9.17) is 10.5 Å². The molecule has 0 aliphatic carbocycles. The molecule has 4 nitrogen and oxygen atoms in total. The lowest BCUT2D eigenvalue weighted by Gasteiger charge is -2.30. The van der Waals surface area contributed by atoms with Crippen LogP contribution in [0.3, 0.4) is 0 Å². The molecule has 0 saturated carbocycles. The van der Waals surface area contributed by atoms with Crippen molar-refractivity contribution in [2.45, 2.75) is 39.3 Å². The molecule has 0 aliphatic rings. The summed E-state index contributed by atoms with van der Waals surface area (Å²) in [5, 5.41) is 0. The van der Waals surface area contributed by atoms with Crippen molar-refractivity contribution >= 4 is 5.91 Å². The maximum absolute atomic E-state index is 11.9. The first kappa shape index (κ1) is 13.4. The highest BCUT2D eigenvalue weighted by atomic mass is 16.5. The molecule has 0 fully saturated rings. The number of rotatable bonds is 6. The Morgan fingerprint density at radius 2 is 2.07 bits per heavy atom. The Morgan fingerprint density at radius 1 is 1.50 bits per heavy atom. The summed E-state index contributed by atoms with van der Waals surface area (Å²) in [4.78, 5) is 13.7. The molecule has 14 heavy (non-hydrogen) atoms. The number of amides is 1. The molecule has 0 aromatic rings. The van der Waals surface area contributed by atoms with Crippen molar-refractivity contribution in [3.8, 4) is 0 Å². The lowest BCUT2D eigenvalue weighted by Crippen LogP contribution is -2.47. The summed E-state index contributed by atoms with van der Waals surface area (Å²) in [5.41, 5.74) is 5.45. The van der Waals surface area contributed by atoms with E-state index in [0.29, 0.717) is 6.54 Å². The highest BCUT2D eigenvalue weighted by molar-refractivity contribution is 5.81. The molecule has 4 heteroatoms. The lowest BCUT2D eigenvalue weighted by atomic mass is 10.2. The minimum absolute atomic E-state index is 0.00755. The van der Waals surface area contributed by atoms with Gasteiger partial charge in [0.15, 0.2) is 0 Å². The van der Waals surface area contributed by atoms with Crippen molar-refractivity contribution in [2.24, 2.45) is 5.73 Å². The molecule has 1 amide bonds. The Labute approximate surface area is 86.4 Å². The van der Waals surface area contributed by atoms with Crippen LogP contribution >= 0.6 is 0 Å². The molecule has 84 valence electrons. The van der Waals surface area contributed by atoms with E-state index < -0.39 is 6.10 Å². The molecule has 0 spiro atoms. The van der Waals surface area contributed by atoms with Gasteiger partial charge < -0.3 is 15.4 Å². The second-order valence-electron chi connectivity index (χ2n) is 3.34. The summed E-state index contributed by atoms with van der Waals surface area (Å²) in [6.45, 7) is 7.00. The SMILES string of the molecule is CCC(C)N(CC)C(=O)C(CN)OC. The van der Waals surface area contributed by atoms with Crippen LogP contribution in [0.5, 0.6) is 0 Å². The van der Waals surface area contributed by atoms with Crippen LogP contribution in [-0.4, -0.2) is 43.2 Å². The maximum Gasteiger partial charge on any atom is 0.253 e. The fourth-order valence-electron chi connectivity index (χ4n) is 1.39. The molecule has 0 heterocycles. The van der Waals surface area contributed by atoms with Gasteiger partial charge in [0.1, 0.15) is 6.10 Å². The van der Waals surface area contributed by atoms with Crippen LogP contribution in [0.2, 0.25) is 0 Å². The first-order valence-corrected chi connectivity index (χ1v) is 5.15. The van der Waals surface area contributed by atoms with E-state index in [2.05, 4.69) is 6.92 Å². The number of hydrogen-bond donors (Lipinski definition) is 1. The average molecular weight is 202 g/mol. The topological polar surface area (TPSA) is 55.6 Å². The predicted octanol–water partition coefficient (Wildman–Crippen LogP) is 0.607. The molecule has 0 saturated heterocycles. The molecular weight excluding hydrogens is 180 g/mol.